The number of imidazole rings is 1. The van der Waals surface area contributed by atoms with Crippen molar-refractivity contribution in [1.29, 1.82) is 0 Å². The highest BCUT2D eigenvalue weighted by Gasteiger charge is 2.18. The number of pyridine rings is 1. The predicted octanol–water partition coefficient (Wildman–Crippen LogP) is 9.10. The van der Waals surface area contributed by atoms with E-state index in [-0.39, 0.29) is 69.1 Å². The van der Waals surface area contributed by atoms with Crippen molar-refractivity contribution in [2.24, 2.45) is 11.8 Å². The first-order chi connectivity index (χ1) is 27.7. The van der Waals surface area contributed by atoms with Gasteiger partial charge in [-0.05, 0) is 97.7 Å². The van der Waals surface area contributed by atoms with Gasteiger partial charge in [0, 0.05) is 35.0 Å². The minimum absolute atomic E-state index is 0. The predicted molar refractivity (Wildman–Crippen MR) is 248 cm³/mol. The van der Waals surface area contributed by atoms with Crippen molar-refractivity contribution in [3.8, 4) is 0 Å². The summed E-state index contributed by atoms with van der Waals surface area (Å²) >= 11 is 0. The second-order valence-electron chi connectivity index (χ2n) is 14.6. The number of fused-ring (bicyclic) bond motifs is 3. The van der Waals surface area contributed by atoms with Crippen LogP contribution in [0.5, 0.6) is 0 Å². The number of aryl methyl sites for hydroxylation is 3. The summed E-state index contributed by atoms with van der Waals surface area (Å²) < 4.78 is 7.03. The van der Waals surface area contributed by atoms with Crippen LogP contribution < -0.4 is 16.7 Å². The zero-order valence-electron chi connectivity index (χ0n) is 34.3. The Labute approximate surface area is 358 Å². The summed E-state index contributed by atoms with van der Waals surface area (Å²) in [5.41, 5.74) is 7.66. The molecule has 0 amide bonds. The average Bonchev–Trinajstić information content (AvgIpc) is 3.72. The highest BCUT2D eigenvalue weighted by atomic mass is 16.5. The van der Waals surface area contributed by atoms with Crippen LogP contribution in [0.15, 0.2) is 93.8 Å². The number of ether oxygens (including phenoxy) is 1. The number of Topliss-reactive ketones (excluding diaryl/α,β-unsaturated/α-hetero) is 1. The largest absolute Gasteiger partial charge is 0.466 e. The maximum Gasteiger partial charge on any atom is 0.310 e. The molecule has 3 N–H and O–H groups in total. The molecule has 0 saturated carbocycles. The standard InChI is InChI=1S/C17H19N3O.C14H16N2O3.C14H16N2O2.3CH4/c1-11(2)16(20-7-6-18-10-20)13-4-5-15-14(9-13)8-12(3)17(21)19-15;1-3-10-14(18)16-11-6-5-9(7-12(11)15-10)8-13(17)19-4-2;1-4-10-14(18)16-11-6-5-9(7-12(11)15-10)13(17)8(2)3;;;/h4-11,16H,1-3H3,(H,19,21);5-7H,3-4,8H2,1-2H3,(H,16,18);5-8H,4H2,1-3H3,(H,16,18);3*1H4. The van der Waals surface area contributed by atoms with Gasteiger partial charge >= 0.3 is 5.97 Å². The van der Waals surface area contributed by atoms with E-state index in [1.54, 1.807) is 49.5 Å². The van der Waals surface area contributed by atoms with Crippen molar-refractivity contribution >= 4 is 44.7 Å². The van der Waals surface area contributed by atoms with Crippen LogP contribution in [-0.2, 0) is 28.8 Å². The number of carbonyl (C=O) groups excluding carboxylic acids is 2. The summed E-state index contributed by atoms with van der Waals surface area (Å²) in [7, 11) is 0. The van der Waals surface area contributed by atoms with Crippen molar-refractivity contribution in [1.82, 2.24) is 34.5 Å². The van der Waals surface area contributed by atoms with Crippen LogP contribution in [0.4, 0.5) is 0 Å². The fourth-order valence-electron chi connectivity index (χ4n) is 6.59. The lowest BCUT2D eigenvalue weighted by Crippen LogP contribution is -2.15. The van der Waals surface area contributed by atoms with Gasteiger partial charge < -0.3 is 24.3 Å². The molecule has 0 fully saturated rings. The first kappa shape index (κ1) is 50.6. The van der Waals surface area contributed by atoms with Gasteiger partial charge in [0.2, 0.25) is 0 Å². The second kappa shape index (κ2) is 22.8. The third-order valence-electron chi connectivity index (χ3n) is 9.60. The molecule has 3 aromatic carbocycles. The third-order valence-corrected chi connectivity index (χ3v) is 9.60. The van der Waals surface area contributed by atoms with Gasteiger partial charge in [0.15, 0.2) is 5.78 Å². The Kier molecular flexibility index (Phi) is 18.9. The molecule has 61 heavy (non-hydrogen) atoms. The number of rotatable bonds is 10. The van der Waals surface area contributed by atoms with Crippen LogP contribution in [0.1, 0.15) is 115 Å². The third kappa shape index (κ3) is 12.5. The van der Waals surface area contributed by atoms with Gasteiger partial charge in [0.05, 0.1) is 47.5 Å². The highest BCUT2D eigenvalue weighted by Crippen LogP contribution is 2.28. The molecule has 13 heteroatoms. The topological polar surface area (TPSA) is 186 Å². The first-order valence-electron chi connectivity index (χ1n) is 19.6. The zero-order valence-corrected chi connectivity index (χ0v) is 34.3. The molecule has 1 unspecified atom stereocenters. The van der Waals surface area contributed by atoms with Crippen molar-refractivity contribution in [2.45, 2.75) is 103 Å². The molecule has 7 aromatic rings. The number of aromatic nitrogens is 7. The molecule has 0 bridgehead atoms. The monoisotopic (exact) mass is 833 g/mol. The molecule has 4 heterocycles. The average molecular weight is 834 g/mol. The number of H-pyrrole nitrogens is 3. The van der Waals surface area contributed by atoms with Gasteiger partial charge in [-0.2, -0.15) is 0 Å². The van der Waals surface area contributed by atoms with Gasteiger partial charge in [0.25, 0.3) is 16.7 Å². The summed E-state index contributed by atoms with van der Waals surface area (Å²) in [6.07, 6.45) is 7.02. The van der Waals surface area contributed by atoms with Crippen molar-refractivity contribution < 1.29 is 14.3 Å². The Bertz CT molecular complexity index is 2730. The number of benzene rings is 3. The Morgan fingerprint density at radius 1 is 0.721 bits per heavy atom. The summed E-state index contributed by atoms with van der Waals surface area (Å²) in [6, 6.07) is 19.0. The first-order valence-corrected chi connectivity index (χ1v) is 19.6. The van der Waals surface area contributed by atoms with Crippen molar-refractivity contribution in [3.05, 3.63) is 144 Å². The van der Waals surface area contributed by atoms with Gasteiger partial charge in [-0.15, -0.1) is 0 Å². The molecule has 0 radical (unpaired) electrons. The van der Waals surface area contributed by atoms with Crippen molar-refractivity contribution in [2.75, 3.05) is 6.61 Å². The van der Waals surface area contributed by atoms with Crippen molar-refractivity contribution in [3.63, 3.8) is 0 Å². The SMILES string of the molecule is C.C.C.CCOC(=O)Cc1ccc2[nH]c(=O)c(CC)nc2c1.CCc1nc2cc(C(=O)C(C)C)ccc2[nH]c1=O.Cc1cc2cc(C(C(C)C)n3ccnc3)ccc2[nH]c1=O. The number of hydrogen-bond acceptors (Lipinski definition) is 9. The number of hydrogen-bond donors (Lipinski definition) is 3. The number of aromatic amines is 3. The Balaban J connectivity index is 0.000000309. The molecule has 0 aliphatic heterocycles. The number of nitrogens with zero attached hydrogens (tertiary/aromatic N) is 4. The summed E-state index contributed by atoms with van der Waals surface area (Å²) in [5.74, 6) is 0.223. The lowest BCUT2D eigenvalue weighted by atomic mass is 9.94. The molecule has 4 aromatic heterocycles. The van der Waals surface area contributed by atoms with E-state index in [1.807, 2.05) is 59.3 Å². The van der Waals surface area contributed by atoms with E-state index < -0.39 is 0 Å². The molecule has 0 aliphatic rings. The van der Waals surface area contributed by atoms with E-state index in [9.17, 15) is 24.0 Å². The van der Waals surface area contributed by atoms with E-state index in [4.69, 9.17) is 4.74 Å². The zero-order chi connectivity index (χ0) is 42.1. The number of carbonyl (C=O) groups is 2. The molecule has 0 saturated heterocycles. The number of esters is 1. The normalized spacial score (nSPS) is 11.0. The Hall–Kier alpha value is -6.50. The quantitative estimate of drug-likeness (QED) is 0.0893. The second-order valence-corrected chi connectivity index (χ2v) is 14.6. The number of nitrogens with one attached hydrogen (secondary N) is 3. The smallest absolute Gasteiger partial charge is 0.310 e. The number of ketones is 1. The van der Waals surface area contributed by atoms with E-state index in [0.717, 1.165) is 22.0 Å². The van der Waals surface area contributed by atoms with E-state index in [2.05, 4.69) is 60.5 Å². The molecular weight excluding hydrogens is 771 g/mol. The van der Waals surface area contributed by atoms with E-state index >= 15 is 0 Å². The van der Waals surface area contributed by atoms with E-state index in [1.165, 1.54) is 5.56 Å². The summed E-state index contributed by atoms with van der Waals surface area (Å²) in [5, 5.41) is 1.07. The Morgan fingerprint density at radius 2 is 1.30 bits per heavy atom. The van der Waals surface area contributed by atoms with Gasteiger partial charge in [-0.25, -0.2) is 15.0 Å². The highest BCUT2D eigenvalue weighted by molar-refractivity contribution is 5.99. The molecule has 326 valence electrons. The maximum absolute atomic E-state index is 11.9. The van der Waals surface area contributed by atoms with Crippen LogP contribution in [-0.4, -0.2) is 52.8 Å². The molecule has 1 atom stereocenters. The summed E-state index contributed by atoms with van der Waals surface area (Å²) in [4.78, 5) is 79.5. The maximum atomic E-state index is 11.9. The van der Waals surface area contributed by atoms with Crippen LogP contribution in [0, 0.1) is 18.8 Å². The van der Waals surface area contributed by atoms with Gasteiger partial charge in [0.1, 0.15) is 11.4 Å². The fourth-order valence-corrected chi connectivity index (χ4v) is 6.59. The molecular formula is C48H63N7O6. The van der Waals surface area contributed by atoms with Crippen LogP contribution >= 0.6 is 0 Å². The van der Waals surface area contributed by atoms with Crippen LogP contribution in [0.3, 0.4) is 0 Å². The van der Waals surface area contributed by atoms with Gasteiger partial charge in [-0.1, -0.05) is 76.0 Å². The molecule has 13 nitrogen and oxygen atoms in total. The van der Waals surface area contributed by atoms with Crippen LogP contribution in [0.2, 0.25) is 0 Å². The molecule has 7 rings (SSSR count). The Morgan fingerprint density at radius 3 is 1.84 bits per heavy atom. The molecule has 0 aliphatic carbocycles. The van der Waals surface area contributed by atoms with E-state index in [0.29, 0.717) is 64.4 Å². The lowest BCUT2D eigenvalue weighted by molar-refractivity contribution is -0.142. The fraction of sp³-hybridized carbons (Fsp3) is 0.375. The lowest BCUT2D eigenvalue weighted by Gasteiger charge is -2.23. The molecule has 0 spiro atoms. The minimum Gasteiger partial charge on any atom is -0.466 e. The van der Waals surface area contributed by atoms with Gasteiger partial charge in [-0.3, -0.25) is 24.0 Å². The summed E-state index contributed by atoms with van der Waals surface area (Å²) in [6.45, 7) is 15.9. The minimum atomic E-state index is -0.262. The van der Waals surface area contributed by atoms with Crippen LogP contribution in [0.25, 0.3) is 33.0 Å².